The third-order valence-corrected chi connectivity index (χ3v) is 4.80. The Labute approximate surface area is 137 Å². The molecular formula is C16H18N2O4S. The fraction of sp³-hybridized carbons (Fsp3) is 0.375. The Balaban J connectivity index is 1.54. The van der Waals surface area contributed by atoms with E-state index in [2.05, 4.69) is 10.6 Å². The van der Waals surface area contributed by atoms with Crippen molar-refractivity contribution in [1.82, 2.24) is 10.6 Å². The summed E-state index contributed by atoms with van der Waals surface area (Å²) in [6.45, 7) is 0.269. The molecule has 0 unspecified atom stereocenters. The molecule has 0 aromatic carbocycles. The van der Waals surface area contributed by atoms with Gasteiger partial charge in [0.05, 0.1) is 19.4 Å². The van der Waals surface area contributed by atoms with Crippen LogP contribution >= 0.6 is 11.3 Å². The molecule has 2 aromatic rings. The van der Waals surface area contributed by atoms with E-state index in [4.69, 9.17) is 4.42 Å². The van der Waals surface area contributed by atoms with Crippen LogP contribution in [-0.4, -0.2) is 23.5 Å². The van der Waals surface area contributed by atoms with E-state index in [1.807, 2.05) is 17.5 Å². The maximum atomic E-state index is 11.9. The molecule has 1 fully saturated rings. The lowest BCUT2D eigenvalue weighted by Crippen LogP contribution is -2.47. The lowest BCUT2D eigenvalue weighted by molar-refractivity contribution is -0.140. The molecule has 1 atom stereocenters. The summed E-state index contributed by atoms with van der Waals surface area (Å²) in [5, 5.41) is 17.7. The Morgan fingerprint density at radius 3 is 2.65 bits per heavy atom. The highest BCUT2D eigenvalue weighted by molar-refractivity contribution is 7.09. The third-order valence-electron chi connectivity index (χ3n) is 3.93. The zero-order chi connectivity index (χ0) is 16.3. The fourth-order valence-corrected chi connectivity index (χ4v) is 3.12. The van der Waals surface area contributed by atoms with Crippen LogP contribution in [0.1, 0.15) is 23.5 Å². The highest BCUT2D eigenvalue weighted by Gasteiger charge is 2.47. The van der Waals surface area contributed by atoms with E-state index in [-0.39, 0.29) is 12.5 Å². The zero-order valence-electron chi connectivity index (χ0n) is 12.5. The van der Waals surface area contributed by atoms with Crippen molar-refractivity contribution in [2.24, 2.45) is 5.92 Å². The van der Waals surface area contributed by atoms with Crippen LogP contribution in [0.25, 0.3) is 0 Å². The maximum absolute atomic E-state index is 11.9. The summed E-state index contributed by atoms with van der Waals surface area (Å²) in [4.78, 5) is 24.7. The maximum Gasteiger partial charge on any atom is 0.309 e. The number of carbonyl (C=O) groups excluding carboxylic acids is 2. The number of furan rings is 1. The van der Waals surface area contributed by atoms with Gasteiger partial charge in [0.2, 0.25) is 0 Å². The van der Waals surface area contributed by atoms with Crippen LogP contribution in [0.15, 0.2) is 40.3 Å². The van der Waals surface area contributed by atoms with Crippen molar-refractivity contribution >= 4 is 23.2 Å². The van der Waals surface area contributed by atoms with Gasteiger partial charge in [-0.1, -0.05) is 6.07 Å². The van der Waals surface area contributed by atoms with E-state index in [0.29, 0.717) is 12.3 Å². The monoisotopic (exact) mass is 334 g/mol. The third kappa shape index (κ3) is 3.62. The van der Waals surface area contributed by atoms with Gasteiger partial charge in [-0.15, -0.1) is 11.3 Å². The molecule has 0 radical (unpaired) electrons. The Bertz CT molecular complexity index is 664. The second-order valence-electron chi connectivity index (χ2n) is 5.62. The van der Waals surface area contributed by atoms with E-state index in [1.165, 1.54) is 17.6 Å². The first kappa shape index (κ1) is 15.8. The number of thiophene rings is 1. The first-order valence-electron chi connectivity index (χ1n) is 7.44. The van der Waals surface area contributed by atoms with Gasteiger partial charge < -0.3 is 20.2 Å². The van der Waals surface area contributed by atoms with Crippen LogP contribution in [0.5, 0.6) is 0 Å². The number of hydrogen-bond acceptors (Lipinski definition) is 5. The Kier molecular flexibility index (Phi) is 4.49. The van der Waals surface area contributed by atoms with Gasteiger partial charge in [0.25, 0.3) is 0 Å². The topological polar surface area (TPSA) is 91.6 Å². The smallest absolute Gasteiger partial charge is 0.309 e. The first-order chi connectivity index (χ1) is 11.1. The molecule has 3 rings (SSSR count). The standard InChI is InChI=1S/C16H18N2O4S/c19-14(17-9-12-3-2-8-23-12)15(20)18-10-16(21,11-5-6-11)13-4-1-7-22-13/h1-4,7-8,11,21H,5-6,9-10H2,(H,17,19)(H,18,20)/t16-/m0/s1. The van der Waals surface area contributed by atoms with Gasteiger partial charge in [0.15, 0.2) is 0 Å². The fourth-order valence-electron chi connectivity index (χ4n) is 2.47. The molecule has 0 spiro atoms. The molecule has 7 heteroatoms. The Hall–Kier alpha value is -2.12. The molecule has 6 nitrogen and oxygen atoms in total. The molecule has 1 aliphatic rings. The average molecular weight is 334 g/mol. The lowest BCUT2D eigenvalue weighted by atomic mass is 9.94. The highest BCUT2D eigenvalue weighted by Crippen LogP contribution is 2.45. The van der Waals surface area contributed by atoms with Crippen molar-refractivity contribution in [3.8, 4) is 0 Å². The minimum absolute atomic E-state index is 0.0446. The molecular weight excluding hydrogens is 316 g/mol. The zero-order valence-corrected chi connectivity index (χ0v) is 13.3. The van der Waals surface area contributed by atoms with E-state index in [9.17, 15) is 14.7 Å². The second kappa shape index (κ2) is 6.55. The quantitative estimate of drug-likeness (QED) is 0.696. The number of amides is 2. The molecule has 0 bridgehead atoms. The van der Waals surface area contributed by atoms with Gasteiger partial charge in [0, 0.05) is 4.88 Å². The van der Waals surface area contributed by atoms with E-state index in [1.54, 1.807) is 12.1 Å². The summed E-state index contributed by atoms with van der Waals surface area (Å²) >= 11 is 1.51. The molecule has 2 aromatic heterocycles. The molecule has 2 heterocycles. The molecule has 23 heavy (non-hydrogen) atoms. The number of hydrogen-bond donors (Lipinski definition) is 3. The van der Waals surface area contributed by atoms with Crippen LogP contribution in [0.2, 0.25) is 0 Å². The average Bonchev–Trinajstić information content (AvgIpc) is 3.05. The van der Waals surface area contributed by atoms with Crippen LogP contribution in [0, 0.1) is 5.92 Å². The Morgan fingerprint density at radius 1 is 1.26 bits per heavy atom. The minimum Gasteiger partial charge on any atom is -0.466 e. The van der Waals surface area contributed by atoms with E-state index in [0.717, 1.165) is 17.7 Å². The predicted octanol–water partition coefficient (Wildman–Crippen LogP) is 1.37. The number of rotatable bonds is 6. The number of nitrogens with one attached hydrogen (secondary N) is 2. The lowest BCUT2D eigenvalue weighted by Gasteiger charge is -2.26. The second-order valence-corrected chi connectivity index (χ2v) is 6.65. The van der Waals surface area contributed by atoms with Gasteiger partial charge in [-0.05, 0) is 42.3 Å². The predicted molar refractivity (Wildman–Crippen MR) is 84.5 cm³/mol. The summed E-state index contributed by atoms with van der Waals surface area (Å²) in [6.07, 6.45) is 3.23. The Morgan fingerprint density at radius 2 is 2.04 bits per heavy atom. The summed E-state index contributed by atoms with van der Waals surface area (Å²) in [5.74, 6) is -1.01. The van der Waals surface area contributed by atoms with Gasteiger partial charge in [0.1, 0.15) is 11.4 Å². The van der Waals surface area contributed by atoms with E-state index < -0.39 is 17.4 Å². The summed E-state index contributed by atoms with van der Waals surface area (Å²) in [6, 6.07) is 7.14. The number of carbonyl (C=O) groups is 2. The number of aliphatic hydroxyl groups is 1. The molecule has 2 amide bonds. The van der Waals surface area contributed by atoms with Crippen molar-refractivity contribution in [3.05, 3.63) is 46.5 Å². The van der Waals surface area contributed by atoms with Gasteiger partial charge in [-0.25, -0.2) is 0 Å². The summed E-state index contributed by atoms with van der Waals surface area (Å²) in [7, 11) is 0. The highest BCUT2D eigenvalue weighted by atomic mass is 32.1. The molecule has 1 saturated carbocycles. The largest absolute Gasteiger partial charge is 0.466 e. The summed E-state index contributed by atoms with van der Waals surface area (Å²) < 4.78 is 5.29. The molecule has 1 aliphatic carbocycles. The normalized spacial score (nSPS) is 16.6. The van der Waals surface area contributed by atoms with Crippen LogP contribution < -0.4 is 10.6 Å². The van der Waals surface area contributed by atoms with Crippen molar-refractivity contribution < 1.29 is 19.1 Å². The van der Waals surface area contributed by atoms with Gasteiger partial charge >= 0.3 is 11.8 Å². The van der Waals surface area contributed by atoms with Crippen molar-refractivity contribution in [2.75, 3.05) is 6.54 Å². The van der Waals surface area contributed by atoms with Crippen LogP contribution in [-0.2, 0) is 21.7 Å². The molecule has 0 aliphatic heterocycles. The first-order valence-corrected chi connectivity index (χ1v) is 8.32. The molecule has 3 N–H and O–H groups in total. The van der Waals surface area contributed by atoms with Crippen LogP contribution in [0.3, 0.4) is 0 Å². The minimum atomic E-state index is -1.26. The van der Waals surface area contributed by atoms with Crippen molar-refractivity contribution in [1.29, 1.82) is 0 Å². The van der Waals surface area contributed by atoms with Crippen LogP contribution in [0.4, 0.5) is 0 Å². The SMILES string of the molecule is O=C(NCc1cccs1)C(=O)NC[C@@](O)(c1ccco1)C1CC1. The molecule has 0 saturated heterocycles. The summed E-state index contributed by atoms with van der Waals surface area (Å²) in [5.41, 5.74) is -1.26. The van der Waals surface area contributed by atoms with Gasteiger partial charge in [-0.3, -0.25) is 9.59 Å². The van der Waals surface area contributed by atoms with Gasteiger partial charge in [-0.2, -0.15) is 0 Å². The molecule has 122 valence electrons. The van der Waals surface area contributed by atoms with E-state index >= 15 is 0 Å². The van der Waals surface area contributed by atoms with Crippen molar-refractivity contribution in [2.45, 2.75) is 25.0 Å². The van der Waals surface area contributed by atoms with Crippen molar-refractivity contribution in [3.63, 3.8) is 0 Å².